The van der Waals surface area contributed by atoms with Crippen molar-refractivity contribution in [2.45, 2.75) is 0 Å². The van der Waals surface area contributed by atoms with Crippen LogP contribution in [0.1, 0.15) is 0 Å². The van der Waals surface area contributed by atoms with Gasteiger partial charge in [-0.05, 0) is 11.8 Å². The molecule has 0 aromatic heterocycles. The first-order valence-corrected chi connectivity index (χ1v) is 5.84. The zero-order chi connectivity index (χ0) is 13.1. The van der Waals surface area contributed by atoms with E-state index in [-0.39, 0.29) is 64.9 Å². The Morgan fingerprint density at radius 1 is 0.810 bits per heavy atom. The first kappa shape index (κ1) is 18.4. The molecule has 0 bridgehead atoms. The molecule has 0 amide bonds. The first-order valence-electron chi connectivity index (χ1n) is 5.84. The molecule has 3 aromatic rings. The van der Waals surface area contributed by atoms with E-state index in [1.165, 1.54) is 0 Å². The van der Waals surface area contributed by atoms with Gasteiger partial charge in [-0.3, -0.25) is 0 Å². The van der Waals surface area contributed by atoms with Crippen molar-refractivity contribution in [3.63, 3.8) is 0 Å². The van der Waals surface area contributed by atoms with Crippen LogP contribution in [0.5, 0.6) is 5.75 Å². The summed E-state index contributed by atoms with van der Waals surface area (Å²) >= 11 is 0. The molecular formula is C16H10N2Na2O. The van der Waals surface area contributed by atoms with Crippen LogP contribution >= 0.6 is 0 Å². The molecule has 0 saturated carbocycles. The van der Waals surface area contributed by atoms with Gasteiger partial charge in [0, 0.05) is 0 Å². The summed E-state index contributed by atoms with van der Waals surface area (Å²) in [5.74, 6) is 0.116. The molecule has 0 radical (unpaired) electrons. The van der Waals surface area contributed by atoms with Crippen LogP contribution in [-0.4, -0.2) is 5.11 Å². The Morgan fingerprint density at radius 2 is 1.52 bits per heavy atom. The fourth-order valence-corrected chi connectivity index (χ4v) is 1.84. The third-order valence-electron chi connectivity index (χ3n) is 2.78. The molecule has 0 atom stereocenters. The molecule has 1 N–H and O–H groups in total. The van der Waals surface area contributed by atoms with E-state index in [9.17, 15) is 5.11 Å². The predicted molar refractivity (Wildman–Crippen MR) is 73.9 cm³/mol. The largest absolute Gasteiger partial charge is 1.00 e. The summed E-state index contributed by atoms with van der Waals surface area (Å²) < 4.78 is 0. The van der Waals surface area contributed by atoms with Gasteiger partial charge in [-0.15, -0.1) is 23.6 Å². The Labute approximate surface area is 167 Å². The number of fused-ring (bicyclic) bond motifs is 1. The van der Waals surface area contributed by atoms with E-state index >= 15 is 0 Å². The third kappa shape index (κ3) is 4.39. The van der Waals surface area contributed by atoms with Crippen molar-refractivity contribution in [1.82, 2.24) is 0 Å². The smallest absolute Gasteiger partial charge is 0.506 e. The van der Waals surface area contributed by atoms with Crippen molar-refractivity contribution >= 4 is 22.1 Å². The van der Waals surface area contributed by atoms with Crippen molar-refractivity contribution in [2.75, 3.05) is 0 Å². The van der Waals surface area contributed by atoms with Gasteiger partial charge in [-0.25, -0.2) is 0 Å². The second-order valence-electron chi connectivity index (χ2n) is 4.04. The van der Waals surface area contributed by atoms with Crippen LogP contribution in [0.25, 0.3) is 10.8 Å². The maximum absolute atomic E-state index is 9.92. The number of hydrogen-bond acceptors (Lipinski definition) is 3. The summed E-state index contributed by atoms with van der Waals surface area (Å²) in [6, 6.07) is 22.0. The number of phenols is 1. The third-order valence-corrected chi connectivity index (χ3v) is 2.78. The zero-order valence-electron chi connectivity index (χ0n) is 12.0. The predicted octanol–water partition coefficient (Wildman–Crippen LogP) is -1.43. The van der Waals surface area contributed by atoms with E-state index in [1.54, 1.807) is 36.4 Å². The molecule has 0 unspecified atom stereocenters. The van der Waals surface area contributed by atoms with Crippen molar-refractivity contribution in [2.24, 2.45) is 10.2 Å². The topological polar surface area (TPSA) is 45.0 Å². The van der Waals surface area contributed by atoms with Crippen molar-refractivity contribution in [3.05, 3.63) is 66.7 Å². The number of azo groups is 1. The molecule has 92 valence electrons. The Kier molecular flexibility index (Phi) is 7.60. The summed E-state index contributed by atoms with van der Waals surface area (Å²) in [5, 5.41) is 20.0. The van der Waals surface area contributed by atoms with E-state index in [2.05, 4.69) is 22.4 Å². The quantitative estimate of drug-likeness (QED) is 0.351. The van der Waals surface area contributed by atoms with Crippen LogP contribution in [-0.2, 0) is 0 Å². The van der Waals surface area contributed by atoms with Gasteiger partial charge in [0.25, 0.3) is 0 Å². The monoisotopic (exact) mass is 292 g/mol. The van der Waals surface area contributed by atoms with Gasteiger partial charge in [0.05, 0.1) is 0 Å². The molecule has 0 heterocycles. The van der Waals surface area contributed by atoms with E-state index < -0.39 is 0 Å². The molecule has 0 saturated heterocycles. The van der Waals surface area contributed by atoms with Crippen molar-refractivity contribution in [1.29, 1.82) is 0 Å². The van der Waals surface area contributed by atoms with Gasteiger partial charge >= 0.3 is 59.1 Å². The van der Waals surface area contributed by atoms with Crippen LogP contribution in [0.15, 0.2) is 64.8 Å². The molecule has 0 spiro atoms. The molecule has 0 aliphatic rings. The van der Waals surface area contributed by atoms with E-state index in [1.807, 2.05) is 18.2 Å². The number of nitrogens with zero attached hydrogens (tertiary/aromatic N) is 2. The van der Waals surface area contributed by atoms with Crippen LogP contribution in [0.4, 0.5) is 11.4 Å². The molecule has 0 fully saturated rings. The fourth-order valence-electron chi connectivity index (χ4n) is 1.84. The number of benzene rings is 3. The molecule has 0 aliphatic carbocycles. The van der Waals surface area contributed by atoms with Gasteiger partial charge in [0.15, 0.2) is 0 Å². The average molecular weight is 292 g/mol. The minimum absolute atomic E-state index is 0. The Balaban J connectivity index is 0.00000110. The maximum atomic E-state index is 9.92. The minimum Gasteiger partial charge on any atom is -0.506 e. The SMILES string of the molecule is Oc1ccc2c[c-]ccc2c1N=Nc1cc[c-]cc1.[Na+].[Na+]. The maximum Gasteiger partial charge on any atom is 1.00 e. The van der Waals surface area contributed by atoms with Crippen LogP contribution < -0.4 is 59.1 Å². The van der Waals surface area contributed by atoms with Gasteiger partial charge < -0.3 is 5.11 Å². The molecular weight excluding hydrogens is 282 g/mol. The van der Waals surface area contributed by atoms with Crippen LogP contribution in [0.3, 0.4) is 0 Å². The van der Waals surface area contributed by atoms with Gasteiger partial charge in [0.1, 0.15) is 11.4 Å². The van der Waals surface area contributed by atoms with E-state index in [4.69, 9.17) is 0 Å². The molecule has 21 heavy (non-hydrogen) atoms. The van der Waals surface area contributed by atoms with E-state index in [0.717, 1.165) is 16.5 Å². The summed E-state index contributed by atoms with van der Waals surface area (Å²) in [6.45, 7) is 0. The fraction of sp³-hybridized carbons (Fsp3) is 0. The molecule has 3 aromatic carbocycles. The number of hydrogen-bond donors (Lipinski definition) is 1. The Hall–Kier alpha value is -0.680. The summed E-state index contributed by atoms with van der Waals surface area (Å²) in [6.07, 6.45) is 0. The van der Waals surface area contributed by atoms with Crippen molar-refractivity contribution < 1.29 is 64.2 Å². The average Bonchev–Trinajstić information content (AvgIpc) is 2.47. The summed E-state index contributed by atoms with van der Waals surface area (Å²) in [5.41, 5.74) is 1.19. The Morgan fingerprint density at radius 3 is 2.29 bits per heavy atom. The molecule has 3 nitrogen and oxygen atoms in total. The molecule has 5 heteroatoms. The summed E-state index contributed by atoms with van der Waals surface area (Å²) in [7, 11) is 0. The zero-order valence-corrected chi connectivity index (χ0v) is 16.0. The standard InChI is InChI=1S/C16H10N2O.2Na/c19-15-11-10-12-6-4-5-9-14(12)16(15)18-17-13-7-2-1-3-8-13;;/h2-3,5-11,19H;;/q-2;2*+1. The second-order valence-corrected chi connectivity index (χ2v) is 4.04. The molecule has 0 aliphatic heterocycles. The normalized spacial score (nSPS) is 10.1. The van der Waals surface area contributed by atoms with Crippen LogP contribution in [0, 0.1) is 12.1 Å². The molecule has 3 rings (SSSR count). The van der Waals surface area contributed by atoms with E-state index in [0.29, 0.717) is 5.69 Å². The Bertz CT molecular complexity index is 746. The summed E-state index contributed by atoms with van der Waals surface area (Å²) in [4.78, 5) is 0. The number of aromatic hydroxyl groups is 1. The first-order chi connectivity index (χ1) is 9.34. The second kappa shape index (κ2) is 8.69. The van der Waals surface area contributed by atoms with Gasteiger partial charge in [0.2, 0.25) is 0 Å². The minimum atomic E-state index is 0. The number of rotatable bonds is 2. The van der Waals surface area contributed by atoms with Gasteiger partial charge in [-0.1, -0.05) is 5.39 Å². The van der Waals surface area contributed by atoms with Crippen LogP contribution in [0.2, 0.25) is 0 Å². The van der Waals surface area contributed by atoms with Gasteiger partial charge in [-0.2, -0.15) is 52.7 Å². The van der Waals surface area contributed by atoms with Crippen molar-refractivity contribution in [3.8, 4) is 5.75 Å². The number of phenolic OH excluding ortho intramolecular Hbond substituents is 1.